The molecule has 0 aromatic carbocycles. The topological polar surface area (TPSA) is 75.4 Å². The molecule has 1 saturated heterocycles. The van der Waals surface area contributed by atoms with E-state index < -0.39 is 0 Å². The minimum absolute atomic E-state index is 0.0541. The zero-order chi connectivity index (χ0) is 16.9. The third-order valence-corrected chi connectivity index (χ3v) is 4.44. The van der Waals surface area contributed by atoms with Crippen molar-refractivity contribution in [3.8, 4) is 0 Å². The van der Waals surface area contributed by atoms with Crippen LogP contribution in [0.25, 0.3) is 0 Å². The van der Waals surface area contributed by atoms with Gasteiger partial charge in [0.1, 0.15) is 0 Å². The van der Waals surface area contributed by atoms with Crippen LogP contribution in [0.5, 0.6) is 0 Å². The molecule has 1 atom stereocenters. The van der Waals surface area contributed by atoms with Crippen molar-refractivity contribution in [3.05, 3.63) is 41.8 Å². The lowest BCUT2D eigenvalue weighted by atomic mass is 10.2. The maximum absolute atomic E-state index is 12.0. The number of hydrogen-bond donors (Lipinski definition) is 0. The summed E-state index contributed by atoms with van der Waals surface area (Å²) in [6.07, 6.45) is 5.63. The summed E-state index contributed by atoms with van der Waals surface area (Å²) in [5.74, 6) is 1.15. The minimum atomic E-state index is 0.0541. The zero-order valence-electron chi connectivity index (χ0n) is 14.2. The Hall–Kier alpha value is -2.28. The van der Waals surface area contributed by atoms with Crippen LogP contribution in [0.3, 0.4) is 0 Å². The maximum atomic E-state index is 12.0. The Balaban J connectivity index is 1.55. The largest absolute Gasteiger partial charge is 0.340 e. The van der Waals surface area contributed by atoms with Gasteiger partial charge in [0.25, 0.3) is 0 Å². The number of aromatic nitrogens is 3. The van der Waals surface area contributed by atoms with Gasteiger partial charge in [0, 0.05) is 51.9 Å². The third kappa shape index (κ3) is 4.17. The molecule has 7 nitrogen and oxygen atoms in total. The predicted octanol–water partition coefficient (Wildman–Crippen LogP) is 1.44. The molecule has 1 amide bonds. The summed E-state index contributed by atoms with van der Waals surface area (Å²) in [5.41, 5.74) is 1.29. The van der Waals surface area contributed by atoms with Crippen molar-refractivity contribution >= 4 is 5.91 Å². The highest BCUT2D eigenvalue weighted by atomic mass is 16.5. The predicted molar refractivity (Wildman–Crippen MR) is 88.0 cm³/mol. The molecular weight excluding hydrogens is 306 g/mol. The second-order valence-electron chi connectivity index (χ2n) is 6.23. The van der Waals surface area contributed by atoms with Gasteiger partial charge in [0.05, 0.1) is 6.54 Å². The summed E-state index contributed by atoms with van der Waals surface area (Å²) in [5, 5.41) is 3.90. The molecule has 0 radical (unpaired) electrons. The normalized spacial score (nSPS) is 18.0. The Labute approximate surface area is 141 Å². The number of pyridine rings is 1. The van der Waals surface area contributed by atoms with Gasteiger partial charge in [0.2, 0.25) is 11.8 Å². The van der Waals surface area contributed by atoms with E-state index in [1.165, 1.54) is 5.56 Å². The Bertz CT molecular complexity index is 673. The third-order valence-electron chi connectivity index (χ3n) is 4.44. The SMILES string of the molecule is CC(=O)N(Cc1noc(C)n1)[C@@H]1CCN(CCc2ccncc2)C1. The van der Waals surface area contributed by atoms with Gasteiger partial charge in [-0.3, -0.25) is 9.78 Å². The van der Waals surface area contributed by atoms with Gasteiger partial charge in [-0.1, -0.05) is 5.16 Å². The van der Waals surface area contributed by atoms with Crippen molar-refractivity contribution in [3.63, 3.8) is 0 Å². The first-order chi connectivity index (χ1) is 11.6. The molecule has 24 heavy (non-hydrogen) atoms. The summed E-state index contributed by atoms with van der Waals surface area (Å²) >= 11 is 0. The van der Waals surface area contributed by atoms with Crippen LogP contribution < -0.4 is 0 Å². The summed E-state index contributed by atoms with van der Waals surface area (Å²) in [6.45, 7) is 6.66. The lowest BCUT2D eigenvalue weighted by Gasteiger charge is -2.27. The van der Waals surface area contributed by atoms with E-state index in [1.807, 2.05) is 29.4 Å². The Morgan fingerprint density at radius 1 is 1.42 bits per heavy atom. The summed E-state index contributed by atoms with van der Waals surface area (Å²) < 4.78 is 5.00. The second-order valence-corrected chi connectivity index (χ2v) is 6.23. The quantitative estimate of drug-likeness (QED) is 0.798. The van der Waals surface area contributed by atoms with Gasteiger partial charge in [-0.05, 0) is 30.5 Å². The van der Waals surface area contributed by atoms with Crippen molar-refractivity contribution < 1.29 is 9.32 Å². The Kier molecular flexibility index (Phi) is 5.20. The molecule has 0 saturated carbocycles. The van der Waals surface area contributed by atoms with Crippen molar-refractivity contribution in [2.45, 2.75) is 39.3 Å². The molecule has 2 aromatic heterocycles. The van der Waals surface area contributed by atoms with Crippen LogP contribution in [0.4, 0.5) is 0 Å². The molecule has 3 rings (SSSR count). The molecule has 3 heterocycles. The fraction of sp³-hybridized carbons (Fsp3) is 0.529. The molecule has 2 aromatic rings. The fourth-order valence-corrected chi connectivity index (χ4v) is 3.16. The number of rotatable bonds is 6. The van der Waals surface area contributed by atoms with Gasteiger partial charge in [-0.15, -0.1) is 0 Å². The Morgan fingerprint density at radius 3 is 2.88 bits per heavy atom. The number of aryl methyl sites for hydroxylation is 1. The minimum Gasteiger partial charge on any atom is -0.340 e. The first-order valence-electron chi connectivity index (χ1n) is 8.29. The van der Waals surface area contributed by atoms with Crippen LogP contribution >= 0.6 is 0 Å². The number of likely N-dealkylation sites (tertiary alicyclic amines) is 1. The molecule has 0 bridgehead atoms. The van der Waals surface area contributed by atoms with Crippen LogP contribution in [0.2, 0.25) is 0 Å². The number of hydrogen-bond acceptors (Lipinski definition) is 6. The van der Waals surface area contributed by atoms with Crippen molar-refractivity contribution in [1.82, 2.24) is 24.9 Å². The smallest absolute Gasteiger partial charge is 0.223 e. The monoisotopic (exact) mass is 329 g/mol. The molecule has 0 aliphatic carbocycles. The summed E-state index contributed by atoms with van der Waals surface area (Å²) in [7, 11) is 0. The molecular formula is C17H23N5O2. The van der Waals surface area contributed by atoms with E-state index in [9.17, 15) is 4.79 Å². The van der Waals surface area contributed by atoms with Gasteiger partial charge in [-0.2, -0.15) is 4.98 Å². The number of nitrogens with zero attached hydrogens (tertiary/aromatic N) is 5. The molecule has 1 aliphatic rings. The van der Waals surface area contributed by atoms with Crippen molar-refractivity contribution in [2.75, 3.05) is 19.6 Å². The second kappa shape index (κ2) is 7.53. The molecule has 7 heteroatoms. The molecule has 0 unspecified atom stereocenters. The lowest BCUT2D eigenvalue weighted by molar-refractivity contribution is -0.131. The maximum Gasteiger partial charge on any atom is 0.223 e. The Morgan fingerprint density at radius 2 is 2.21 bits per heavy atom. The van der Waals surface area contributed by atoms with Crippen LogP contribution in [0.15, 0.2) is 29.0 Å². The van der Waals surface area contributed by atoms with E-state index in [0.29, 0.717) is 18.3 Å². The summed E-state index contributed by atoms with van der Waals surface area (Å²) in [4.78, 5) is 24.6. The van der Waals surface area contributed by atoms with Crippen LogP contribution in [-0.4, -0.2) is 56.5 Å². The van der Waals surface area contributed by atoms with E-state index in [-0.39, 0.29) is 11.9 Å². The number of carbonyl (C=O) groups is 1. The highest BCUT2D eigenvalue weighted by Gasteiger charge is 2.29. The van der Waals surface area contributed by atoms with Gasteiger partial charge < -0.3 is 14.3 Å². The van der Waals surface area contributed by atoms with E-state index in [0.717, 1.165) is 32.5 Å². The zero-order valence-corrected chi connectivity index (χ0v) is 14.2. The highest BCUT2D eigenvalue weighted by Crippen LogP contribution is 2.18. The first-order valence-corrected chi connectivity index (χ1v) is 8.29. The highest BCUT2D eigenvalue weighted by molar-refractivity contribution is 5.73. The van der Waals surface area contributed by atoms with Gasteiger partial charge in [-0.25, -0.2) is 0 Å². The number of carbonyl (C=O) groups excluding carboxylic acids is 1. The van der Waals surface area contributed by atoms with Gasteiger partial charge in [0.15, 0.2) is 5.82 Å². The number of amides is 1. The van der Waals surface area contributed by atoms with Gasteiger partial charge >= 0.3 is 0 Å². The average Bonchev–Trinajstić information content (AvgIpc) is 3.20. The first kappa shape index (κ1) is 16.6. The van der Waals surface area contributed by atoms with Crippen LogP contribution in [0, 0.1) is 6.92 Å². The summed E-state index contributed by atoms with van der Waals surface area (Å²) in [6, 6.07) is 4.31. The van der Waals surface area contributed by atoms with E-state index in [4.69, 9.17) is 4.52 Å². The lowest BCUT2D eigenvalue weighted by Crippen LogP contribution is -2.40. The fourth-order valence-electron chi connectivity index (χ4n) is 3.16. The van der Waals surface area contributed by atoms with Crippen molar-refractivity contribution in [1.29, 1.82) is 0 Å². The standard InChI is InChI=1S/C17H23N5O2/c1-13-19-17(20-24-13)12-22(14(2)23)16-6-10-21(11-16)9-5-15-3-7-18-8-4-15/h3-4,7-8,16H,5-6,9-12H2,1-2H3/t16-/m1/s1. The molecule has 0 N–H and O–H groups in total. The molecule has 1 fully saturated rings. The molecule has 1 aliphatic heterocycles. The van der Waals surface area contributed by atoms with E-state index in [2.05, 4.69) is 20.0 Å². The van der Waals surface area contributed by atoms with Crippen molar-refractivity contribution in [2.24, 2.45) is 0 Å². The molecule has 128 valence electrons. The molecule has 0 spiro atoms. The van der Waals surface area contributed by atoms with Crippen LogP contribution in [-0.2, 0) is 17.8 Å². The average molecular weight is 329 g/mol. The van der Waals surface area contributed by atoms with E-state index in [1.54, 1.807) is 13.8 Å². The van der Waals surface area contributed by atoms with E-state index >= 15 is 0 Å². The van der Waals surface area contributed by atoms with Crippen LogP contribution in [0.1, 0.15) is 30.6 Å².